The van der Waals surface area contributed by atoms with Crippen molar-refractivity contribution in [2.24, 2.45) is 10.8 Å². The first kappa shape index (κ1) is 18.8. The van der Waals surface area contributed by atoms with Crippen molar-refractivity contribution in [3.05, 3.63) is 64.2 Å². The SMILES string of the molecule is [C-]#[N+]c1ccc(OC2C(C)(C)C(N3Cc4ncccc4C3=O)C2(C)C)cc1Cl. The average molecular weight is 396 g/mol. The Morgan fingerprint density at radius 3 is 2.57 bits per heavy atom. The number of carbonyl (C=O) groups is 1. The van der Waals surface area contributed by atoms with Crippen molar-refractivity contribution in [1.29, 1.82) is 0 Å². The molecule has 5 nitrogen and oxygen atoms in total. The number of carbonyl (C=O) groups excluding carboxylic acids is 1. The summed E-state index contributed by atoms with van der Waals surface area (Å²) in [5.41, 5.74) is 1.43. The highest BCUT2D eigenvalue weighted by atomic mass is 35.5. The van der Waals surface area contributed by atoms with Gasteiger partial charge in [-0.3, -0.25) is 9.78 Å². The first-order valence-electron chi connectivity index (χ1n) is 9.26. The molecule has 2 aromatic rings. The molecule has 1 amide bonds. The standard InChI is InChI=1S/C22H22ClN3O2/c1-21(2)19(26-12-17-14(18(26)27)7-6-10-25-17)22(3,4)20(21)28-13-8-9-16(24-5)15(23)11-13/h6-11,19-20H,12H2,1-4H3. The number of nitrogens with zero attached hydrogens (tertiary/aromatic N) is 3. The normalized spacial score (nSPS) is 24.3. The van der Waals surface area contributed by atoms with E-state index in [-0.39, 0.29) is 28.9 Å². The number of halogens is 1. The lowest BCUT2D eigenvalue weighted by atomic mass is 9.49. The second-order valence-electron chi connectivity index (χ2n) is 8.70. The second kappa shape index (κ2) is 6.22. The van der Waals surface area contributed by atoms with E-state index < -0.39 is 0 Å². The van der Waals surface area contributed by atoms with Gasteiger partial charge in [-0.05, 0) is 24.3 Å². The molecule has 0 N–H and O–H groups in total. The van der Waals surface area contributed by atoms with Crippen LogP contribution in [-0.4, -0.2) is 27.9 Å². The highest BCUT2D eigenvalue weighted by Gasteiger charge is 2.67. The third kappa shape index (κ3) is 2.59. The molecule has 4 rings (SSSR count). The average Bonchev–Trinajstić information content (AvgIpc) is 2.95. The molecule has 1 aromatic carbocycles. The van der Waals surface area contributed by atoms with Crippen LogP contribution in [0, 0.1) is 17.4 Å². The molecule has 1 aromatic heterocycles. The minimum absolute atomic E-state index is 0.0182. The van der Waals surface area contributed by atoms with E-state index in [1.807, 2.05) is 11.0 Å². The van der Waals surface area contributed by atoms with E-state index in [9.17, 15) is 4.79 Å². The zero-order chi connectivity index (χ0) is 20.3. The number of ether oxygens (including phenoxy) is 1. The predicted octanol–water partition coefficient (Wildman–Crippen LogP) is 5.12. The summed E-state index contributed by atoms with van der Waals surface area (Å²) in [6.07, 6.45) is 1.62. The van der Waals surface area contributed by atoms with Crippen molar-refractivity contribution >= 4 is 23.2 Å². The fourth-order valence-electron chi connectivity index (χ4n) is 5.36. The Labute approximate surface area is 170 Å². The fraction of sp³-hybridized carbons (Fsp3) is 0.409. The lowest BCUT2D eigenvalue weighted by molar-refractivity contribution is -0.199. The van der Waals surface area contributed by atoms with Gasteiger partial charge in [0.2, 0.25) is 5.69 Å². The molecule has 0 spiro atoms. The number of amides is 1. The van der Waals surface area contributed by atoms with E-state index in [1.165, 1.54) is 0 Å². The van der Waals surface area contributed by atoms with Crippen molar-refractivity contribution in [3.8, 4) is 5.75 Å². The van der Waals surface area contributed by atoms with Crippen LogP contribution in [0.1, 0.15) is 43.7 Å². The van der Waals surface area contributed by atoms with Crippen LogP contribution in [0.3, 0.4) is 0 Å². The Morgan fingerprint density at radius 1 is 1.25 bits per heavy atom. The van der Waals surface area contributed by atoms with Gasteiger partial charge in [-0.25, -0.2) is 4.85 Å². The summed E-state index contributed by atoms with van der Waals surface area (Å²) in [7, 11) is 0. The number of hydrogen-bond acceptors (Lipinski definition) is 3. The van der Waals surface area contributed by atoms with Gasteiger partial charge in [0, 0.05) is 23.1 Å². The first-order valence-corrected chi connectivity index (χ1v) is 9.64. The van der Waals surface area contributed by atoms with Gasteiger partial charge in [0.05, 0.1) is 29.4 Å². The Balaban J connectivity index is 1.60. The molecule has 1 saturated carbocycles. The molecule has 0 bridgehead atoms. The van der Waals surface area contributed by atoms with Gasteiger partial charge >= 0.3 is 0 Å². The van der Waals surface area contributed by atoms with Gasteiger partial charge < -0.3 is 9.64 Å². The molecule has 0 saturated heterocycles. The Kier molecular flexibility index (Phi) is 4.17. The third-order valence-electron chi connectivity index (χ3n) is 6.07. The molecule has 144 valence electrons. The van der Waals surface area contributed by atoms with Crippen LogP contribution in [0.5, 0.6) is 5.75 Å². The molecule has 28 heavy (non-hydrogen) atoms. The number of pyridine rings is 1. The van der Waals surface area contributed by atoms with E-state index in [4.69, 9.17) is 22.9 Å². The highest BCUT2D eigenvalue weighted by Crippen LogP contribution is 2.59. The van der Waals surface area contributed by atoms with Crippen LogP contribution in [-0.2, 0) is 6.54 Å². The van der Waals surface area contributed by atoms with Crippen LogP contribution in [0.15, 0.2) is 36.5 Å². The zero-order valence-electron chi connectivity index (χ0n) is 16.4. The van der Waals surface area contributed by atoms with Gasteiger partial charge in [-0.15, -0.1) is 0 Å². The summed E-state index contributed by atoms with van der Waals surface area (Å²) in [4.78, 5) is 22.7. The van der Waals surface area contributed by atoms with Crippen molar-refractivity contribution in [2.75, 3.05) is 0 Å². The summed E-state index contributed by atoms with van der Waals surface area (Å²) >= 11 is 6.17. The zero-order valence-corrected chi connectivity index (χ0v) is 17.1. The van der Waals surface area contributed by atoms with Crippen LogP contribution in [0.25, 0.3) is 4.85 Å². The summed E-state index contributed by atoms with van der Waals surface area (Å²) in [6, 6.07) is 8.81. The van der Waals surface area contributed by atoms with Crippen LogP contribution in [0.2, 0.25) is 5.02 Å². The quantitative estimate of drug-likeness (QED) is 0.677. The van der Waals surface area contributed by atoms with Gasteiger partial charge in [0.1, 0.15) is 11.9 Å². The number of hydrogen-bond donors (Lipinski definition) is 0. The smallest absolute Gasteiger partial charge is 0.256 e. The summed E-state index contributed by atoms with van der Waals surface area (Å²) in [5, 5.41) is 0.384. The lowest BCUT2D eigenvalue weighted by Crippen LogP contribution is -2.74. The lowest BCUT2D eigenvalue weighted by Gasteiger charge is -2.65. The topological polar surface area (TPSA) is 46.8 Å². The largest absolute Gasteiger partial charge is 0.489 e. The molecule has 1 aliphatic heterocycles. The molecular formula is C22H22ClN3O2. The molecule has 0 radical (unpaired) electrons. The maximum atomic E-state index is 13.0. The fourth-order valence-corrected chi connectivity index (χ4v) is 5.57. The van der Waals surface area contributed by atoms with E-state index in [0.717, 1.165) is 5.69 Å². The molecule has 0 unspecified atom stereocenters. The van der Waals surface area contributed by atoms with Crippen molar-refractivity contribution in [2.45, 2.75) is 46.4 Å². The molecule has 1 aliphatic carbocycles. The van der Waals surface area contributed by atoms with Crippen molar-refractivity contribution in [3.63, 3.8) is 0 Å². The van der Waals surface area contributed by atoms with Crippen LogP contribution < -0.4 is 4.74 Å². The molecular weight excluding hydrogens is 374 g/mol. The first-order chi connectivity index (χ1) is 13.2. The van der Waals surface area contributed by atoms with Crippen molar-refractivity contribution < 1.29 is 9.53 Å². The second-order valence-corrected chi connectivity index (χ2v) is 9.11. The van der Waals surface area contributed by atoms with E-state index in [1.54, 1.807) is 30.5 Å². The number of benzene rings is 1. The summed E-state index contributed by atoms with van der Waals surface area (Å²) in [6.45, 7) is 16.2. The molecule has 2 heterocycles. The highest BCUT2D eigenvalue weighted by molar-refractivity contribution is 6.33. The Morgan fingerprint density at radius 2 is 1.96 bits per heavy atom. The molecule has 0 atom stereocenters. The third-order valence-corrected chi connectivity index (χ3v) is 6.37. The number of aromatic nitrogens is 1. The maximum Gasteiger partial charge on any atom is 0.256 e. The van der Waals surface area contributed by atoms with Gasteiger partial charge in [0.25, 0.3) is 5.91 Å². The summed E-state index contributed by atoms with van der Waals surface area (Å²) in [5.74, 6) is 0.678. The minimum atomic E-state index is -0.258. The van der Waals surface area contributed by atoms with E-state index in [0.29, 0.717) is 28.6 Å². The maximum absolute atomic E-state index is 13.0. The molecule has 6 heteroatoms. The molecule has 2 aliphatic rings. The van der Waals surface area contributed by atoms with E-state index >= 15 is 0 Å². The molecule has 1 fully saturated rings. The van der Waals surface area contributed by atoms with Crippen molar-refractivity contribution in [1.82, 2.24) is 9.88 Å². The van der Waals surface area contributed by atoms with Gasteiger partial charge in [-0.1, -0.05) is 45.4 Å². The monoisotopic (exact) mass is 395 g/mol. The van der Waals surface area contributed by atoms with Crippen LogP contribution >= 0.6 is 11.6 Å². The van der Waals surface area contributed by atoms with Crippen LogP contribution in [0.4, 0.5) is 5.69 Å². The van der Waals surface area contributed by atoms with Gasteiger partial charge in [-0.2, -0.15) is 0 Å². The Hall–Kier alpha value is -2.58. The van der Waals surface area contributed by atoms with Gasteiger partial charge in [0.15, 0.2) is 0 Å². The Bertz CT molecular complexity index is 993. The predicted molar refractivity (Wildman–Crippen MR) is 108 cm³/mol. The summed E-state index contributed by atoms with van der Waals surface area (Å²) < 4.78 is 6.32. The minimum Gasteiger partial charge on any atom is -0.489 e. The number of rotatable bonds is 3. The van der Waals surface area contributed by atoms with E-state index in [2.05, 4.69) is 37.5 Å². The number of fused-ring (bicyclic) bond motifs is 1.